The summed E-state index contributed by atoms with van der Waals surface area (Å²) in [5.74, 6) is 0.313. The number of anilines is 1. The van der Waals surface area contributed by atoms with Gasteiger partial charge in [0.05, 0.1) is 19.4 Å². The highest BCUT2D eigenvalue weighted by Crippen LogP contribution is 2.31. The van der Waals surface area contributed by atoms with Crippen LogP contribution < -0.4 is 9.46 Å². The summed E-state index contributed by atoms with van der Waals surface area (Å²) < 4.78 is 39.4. The molecule has 6 nitrogen and oxygen atoms in total. The third-order valence-corrected chi connectivity index (χ3v) is 7.53. The van der Waals surface area contributed by atoms with Crippen molar-refractivity contribution in [3.8, 4) is 5.75 Å². The van der Waals surface area contributed by atoms with E-state index in [4.69, 9.17) is 9.47 Å². The number of ether oxygens (including phenoxy) is 2. The number of esters is 1. The Kier molecular flexibility index (Phi) is 10.5. The molecule has 0 bridgehead atoms. The zero-order valence-corrected chi connectivity index (χ0v) is 21.1. The molecule has 2 aromatic rings. The van der Waals surface area contributed by atoms with Crippen LogP contribution in [0.15, 0.2) is 34.5 Å². The first kappa shape index (κ1) is 26.2. The summed E-state index contributed by atoms with van der Waals surface area (Å²) in [5, 5.41) is 1.56. The number of rotatable bonds is 14. The summed E-state index contributed by atoms with van der Waals surface area (Å²) in [5.41, 5.74) is 1.49. The molecule has 2 rings (SSSR count). The van der Waals surface area contributed by atoms with Crippen molar-refractivity contribution >= 4 is 33.0 Å². The molecule has 0 radical (unpaired) electrons. The molecule has 0 aliphatic carbocycles. The van der Waals surface area contributed by atoms with Crippen LogP contribution in [0.2, 0.25) is 0 Å². The number of hydrogen-bond acceptors (Lipinski definition) is 6. The molecule has 0 aliphatic rings. The quantitative estimate of drug-likeness (QED) is 0.254. The second kappa shape index (κ2) is 12.8. The molecule has 1 aromatic carbocycles. The van der Waals surface area contributed by atoms with E-state index in [2.05, 4.69) is 25.5 Å². The molecule has 0 unspecified atom stereocenters. The van der Waals surface area contributed by atoms with Crippen molar-refractivity contribution in [2.24, 2.45) is 5.92 Å². The van der Waals surface area contributed by atoms with Crippen molar-refractivity contribution in [1.82, 2.24) is 0 Å². The number of carbonyl (C=O) groups is 1. The number of sulfonamides is 1. The Labute approximate surface area is 196 Å². The van der Waals surface area contributed by atoms with Gasteiger partial charge in [0.15, 0.2) is 0 Å². The number of benzene rings is 1. The largest absolute Gasteiger partial charge is 0.491 e. The highest BCUT2D eigenvalue weighted by molar-refractivity contribution is 7.93. The normalized spacial score (nSPS) is 11.5. The first-order chi connectivity index (χ1) is 15.3. The average Bonchev–Trinajstić information content (AvgIpc) is 3.25. The van der Waals surface area contributed by atoms with E-state index in [-0.39, 0.29) is 9.77 Å². The van der Waals surface area contributed by atoms with E-state index in [0.717, 1.165) is 36.2 Å². The third kappa shape index (κ3) is 7.81. The van der Waals surface area contributed by atoms with Crippen LogP contribution >= 0.6 is 11.3 Å². The first-order valence-corrected chi connectivity index (χ1v) is 13.6. The van der Waals surface area contributed by atoms with E-state index >= 15 is 0 Å². The fourth-order valence-electron chi connectivity index (χ4n) is 3.21. The van der Waals surface area contributed by atoms with Crippen LogP contribution in [0.5, 0.6) is 5.75 Å². The highest BCUT2D eigenvalue weighted by Gasteiger charge is 2.25. The molecule has 0 saturated carbocycles. The van der Waals surface area contributed by atoms with Gasteiger partial charge in [0, 0.05) is 0 Å². The number of aryl methyl sites for hydroxylation is 1. The summed E-state index contributed by atoms with van der Waals surface area (Å²) in [7, 11) is -2.75. The second-order valence-electron chi connectivity index (χ2n) is 8.24. The van der Waals surface area contributed by atoms with Crippen LogP contribution in [0.1, 0.15) is 74.5 Å². The summed E-state index contributed by atoms with van der Waals surface area (Å²) >= 11 is 1.03. The van der Waals surface area contributed by atoms with Crippen molar-refractivity contribution in [3.05, 3.63) is 40.1 Å². The van der Waals surface area contributed by atoms with Gasteiger partial charge in [0.1, 0.15) is 15.5 Å². The lowest BCUT2D eigenvalue weighted by molar-refractivity contribution is 0.0602. The van der Waals surface area contributed by atoms with Crippen molar-refractivity contribution in [2.45, 2.75) is 70.6 Å². The summed E-state index contributed by atoms with van der Waals surface area (Å²) in [6, 6.07) is 7.01. The third-order valence-electron chi connectivity index (χ3n) is 5.10. The molecule has 0 amide bonds. The summed E-state index contributed by atoms with van der Waals surface area (Å²) in [6.45, 7) is 6.93. The molecule has 1 aromatic heterocycles. The van der Waals surface area contributed by atoms with Gasteiger partial charge in [-0.05, 0) is 54.3 Å². The van der Waals surface area contributed by atoms with E-state index < -0.39 is 16.0 Å². The number of unbranched alkanes of at least 4 members (excludes halogenated alkanes) is 4. The van der Waals surface area contributed by atoms with Crippen molar-refractivity contribution in [3.63, 3.8) is 0 Å². The fourth-order valence-corrected chi connectivity index (χ4v) is 5.62. The van der Waals surface area contributed by atoms with Gasteiger partial charge in [-0.2, -0.15) is 0 Å². The molecule has 32 heavy (non-hydrogen) atoms. The molecule has 8 heteroatoms. The Bertz CT molecular complexity index is 967. The Hall–Kier alpha value is -2.06. The van der Waals surface area contributed by atoms with E-state index in [1.165, 1.54) is 38.9 Å². The molecule has 1 heterocycles. The number of thiophene rings is 1. The van der Waals surface area contributed by atoms with Gasteiger partial charge in [0.25, 0.3) is 10.0 Å². The van der Waals surface area contributed by atoms with Crippen LogP contribution in [-0.4, -0.2) is 28.1 Å². The van der Waals surface area contributed by atoms with E-state index in [9.17, 15) is 13.2 Å². The lowest BCUT2D eigenvalue weighted by Crippen LogP contribution is -2.16. The van der Waals surface area contributed by atoms with Gasteiger partial charge in [-0.3, -0.25) is 4.72 Å². The zero-order valence-electron chi connectivity index (χ0n) is 19.5. The van der Waals surface area contributed by atoms with Crippen molar-refractivity contribution < 1.29 is 22.7 Å². The summed E-state index contributed by atoms with van der Waals surface area (Å²) in [6.07, 6.45) is 7.76. The first-order valence-electron chi connectivity index (χ1n) is 11.2. The molecule has 0 spiro atoms. The predicted octanol–water partition coefficient (Wildman–Crippen LogP) is 6.27. The van der Waals surface area contributed by atoms with Crippen LogP contribution in [-0.2, 0) is 21.2 Å². The lowest BCUT2D eigenvalue weighted by Gasteiger charge is -2.16. The van der Waals surface area contributed by atoms with E-state index in [0.29, 0.717) is 24.0 Å². The number of carbonyl (C=O) groups excluding carboxylic acids is 1. The molecule has 0 saturated heterocycles. The molecule has 0 aliphatic heterocycles. The molecular formula is C24H35NO5S2. The van der Waals surface area contributed by atoms with Crippen LogP contribution in [0.25, 0.3) is 0 Å². The van der Waals surface area contributed by atoms with Crippen molar-refractivity contribution in [1.29, 1.82) is 0 Å². The number of hydrogen-bond donors (Lipinski definition) is 1. The predicted molar refractivity (Wildman–Crippen MR) is 130 cm³/mol. The molecular weight excluding hydrogens is 446 g/mol. The maximum Gasteiger partial charge on any atom is 0.349 e. The summed E-state index contributed by atoms with van der Waals surface area (Å²) in [4.78, 5) is 11.9. The minimum Gasteiger partial charge on any atom is -0.491 e. The van der Waals surface area contributed by atoms with Gasteiger partial charge in [0.2, 0.25) is 0 Å². The standard InChI is InChI=1S/C24H35NO5S2/c1-5-6-7-8-9-10-19-11-12-20(21(17-19)30-15-13-18(2)3)25-32(27,28)22-14-16-31-23(22)24(26)29-4/h11-12,14,16-18,25H,5-10,13,15H2,1-4H3. The monoisotopic (exact) mass is 481 g/mol. The number of nitrogens with one attached hydrogen (secondary N) is 1. The maximum absolute atomic E-state index is 13.0. The Morgan fingerprint density at radius 1 is 1.12 bits per heavy atom. The molecule has 0 fully saturated rings. The van der Waals surface area contributed by atoms with Crippen LogP contribution in [0.3, 0.4) is 0 Å². The minimum absolute atomic E-state index is 0.0472. The molecule has 0 atom stereocenters. The molecule has 1 N–H and O–H groups in total. The van der Waals surface area contributed by atoms with Crippen LogP contribution in [0, 0.1) is 5.92 Å². The highest BCUT2D eigenvalue weighted by atomic mass is 32.2. The molecule has 178 valence electrons. The Morgan fingerprint density at radius 3 is 2.56 bits per heavy atom. The van der Waals surface area contributed by atoms with Gasteiger partial charge in [-0.1, -0.05) is 52.5 Å². The Balaban J connectivity index is 2.22. The van der Waals surface area contributed by atoms with E-state index in [1.54, 1.807) is 11.4 Å². The van der Waals surface area contributed by atoms with Gasteiger partial charge >= 0.3 is 5.97 Å². The van der Waals surface area contributed by atoms with Gasteiger partial charge in [-0.15, -0.1) is 11.3 Å². The second-order valence-corrected chi connectivity index (χ2v) is 10.8. The average molecular weight is 482 g/mol. The minimum atomic E-state index is -3.98. The van der Waals surface area contributed by atoms with Crippen molar-refractivity contribution in [2.75, 3.05) is 18.4 Å². The maximum atomic E-state index is 13.0. The Morgan fingerprint density at radius 2 is 1.88 bits per heavy atom. The van der Waals surface area contributed by atoms with Gasteiger partial charge < -0.3 is 9.47 Å². The SMILES string of the molecule is CCCCCCCc1ccc(NS(=O)(=O)c2ccsc2C(=O)OC)c(OCCC(C)C)c1. The van der Waals surface area contributed by atoms with Gasteiger partial charge in [-0.25, -0.2) is 13.2 Å². The van der Waals surface area contributed by atoms with Crippen LogP contribution in [0.4, 0.5) is 5.69 Å². The lowest BCUT2D eigenvalue weighted by atomic mass is 10.0. The van der Waals surface area contributed by atoms with E-state index in [1.807, 2.05) is 12.1 Å². The topological polar surface area (TPSA) is 81.7 Å². The smallest absolute Gasteiger partial charge is 0.349 e. The number of methoxy groups -OCH3 is 1. The fraction of sp³-hybridized carbons (Fsp3) is 0.542. The zero-order chi connectivity index (χ0) is 23.6.